The molecule has 1 aliphatic rings. The Morgan fingerprint density at radius 3 is 2.29 bits per heavy atom. The largest absolute Gasteiger partial charge is 0.507 e. The van der Waals surface area contributed by atoms with Gasteiger partial charge in [-0.15, -0.1) is 10.2 Å². The van der Waals surface area contributed by atoms with Crippen LogP contribution in [0.25, 0.3) is 16.8 Å². The van der Waals surface area contributed by atoms with Crippen LogP contribution in [0.1, 0.15) is 30.7 Å². The molecule has 1 saturated heterocycles. The molecule has 28 heavy (non-hydrogen) atoms. The highest BCUT2D eigenvalue weighted by Crippen LogP contribution is 2.37. The van der Waals surface area contributed by atoms with Crippen LogP contribution >= 0.6 is 0 Å². The third-order valence-electron chi connectivity index (χ3n) is 4.80. The number of aryl methyl sites for hydroxylation is 1. The summed E-state index contributed by atoms with van der Waals surface area (Å²) in [6, 6.07) is 6.27. The summed E-state index contributed by atoms with van der Waals surface area (Å²) in [6.45, 7) is 4.40. The van der Waals surface area contributed by atoms with Crippen LogP contribution in [0.2, 0.25) is 0 Å². The summed E-state index contributed by atoms with van der Waals surface area (Å²) in [5.41, 5.74) is 0.378. The van der Waals surface area contributed by atoms with Crippen molar-refractivity contribution in [3.05, 3.63) is 47.9 Å². The smallest absolute Gasteiger partial charge is 0.416 e. The second-order valence-corrected chi connectivity index (χ2v) is 6.96. The summed E-state index contributed by atoms with van der Waals surface area (Å²) < 4.78 is 39.6. The molecule has 0 unspecified atom stereocenters. The van der Waals surface area contributed by atoms with E-state index in [-0.39, 0.29) is 5.56 Å². The normalized spacial score (nSPS) is 15.3. The molecule has 3 heterocycles. The zero-order chi connectivity index (χ0) is 20.3. The first-order chi connectivity index (χ1) is 13.3. The molecular weight excluding hydrogens is 369 g/mol. The van der Waals surface area contributed by atoms with E-state index in [9.17, 15) is 18.3 Å². The van der Waals surface area contributed by atoms with Crippen LogP contribution in [-0.2, 0) is 6.18 Å². The first kappa shape index (κ1) is 20.1. The lowest BCUT2D eigenvalue weighted by molar-refractivity contribution is -0.137. The molecular formula is C20H23F3N4O. The number of rotatable bonds is 1. The molecule has 1 fully saturated rings. The summed E-state index contributed by atoms with van der Waals surface area (Å²) in [5, 5.41) is 17.8. The van der Waals surface area contributed by atoms with Gasteiger partial charge >= 0.3 is 6.18 Å². The second kappa shape index (κ2) is 8.18. The molecule has 8 heteroatoms. The number of halogens is 3. The van der Waals surface area contributed by atoms with Crippen molar-refractivity contribution in [2.45, 2.75) is 32.4 Å². The number of phenols is 1. The molecule has 2 aromatic heterocycles. The van der Waals surface area contributed by atoms with Gasteiger partial charge in [0.2, 0.25) is 0 Å². The van der Waals surface area contributed by atoms with Crippen LogP contribution in [0.4, 0.5) is 13.2 Å². The fourth-order valence-electron chi connectivity index (χ4n) is 3.23. The maximum Gasteiger partial charge on any atom is 0.416 e. The Morgan fingerprint density at radius 1 is 1.00 bits per heavy atom. The minimum absolute atomic E-state index is 0.279. The van der Waals surface area contributed by atoms with Crippen molar-refractivity contribution in [2.24, 2.45) is 0 Å². The predicted octanol–water partition coefficient (Wildman–Crippen LogP) is 4.53. The van der Waals surface area contributed by atoms with Gasteiger partial charge in [0, 0.05) is 17.3 Å². The molecule has 0 atom stereocenters. The molecule has 0 aliphatic carbocycles. The second-order valence-electron chi connectivity index (χ2n) is 6.96. The van der Waals surface area contributed by atoms with Gasteiger partial charge in [-0.1, -0.05) is 6.42 Å². The van der Waals surface area contributed by atoms with E-state index in [1.165, 1.54) is 38.4 Å². The molecule has 0 bridgehead atoms. The number of phenolic OH excluding ortho intramolecular Hbond substituents is 1. The number of aromatic hydroxyl groups is 1. The highest BCUT2D eigenvalue weighted by Gasteiger charge is 2.31. The van der Waals surface area contributed by atoms with Crippen molar-refractivity contribution in [3.8, 4) is 16.9 Å². The van der Waals surface area contributed by atoms with E-state index < -0.39 is 17.5 Å². The van der Waals surface area contributed by atoms with E-state index >= 15 is 0 Å². The van der Waals surface area contributed by atoms with Crippen molar-refractivity contribution >= 4 is 5.65 Å². The lowest BCUT2D eigenvalue weighted by Gasteiger charge is -2.20. The van der Waals surface area contributed by atoms with Crippen LogP contribution in [0.15, 0.2) is 36.5 Å². The van der Waals surface area contributed by atoms with Crippen molar-refractivity contribution in [2.75, 3.05) is 20.1 Å². The summed E-state index contributed by atoms with van der Waals surface area (Å²) in [6.07, 6.45) is 1.53. The summed E-state index contributed by atoms with van der Waals surface area (Å²) in [5.74, 6) is 0.205. The molecule has 0 spiro atoms. The van der Waals surface area contributed by atoms with Crippen LogP contribution in [-0.4, -0.2) is 44.7 Å². The van der Waals surface area contributed by atoms with Gasteiger partial charge in [-0.2, -0.15) is 13.2 Å². The number of alkyl halides is 3. The van der Waals surface area contributed by atoms with Gasteiger partial charge in [0.15, 0.2) is 5.65 Å². The maximum atomic E-state index is 12.6. The van der Waals surface area contributed by atoms with Gasteiger partial charge in [0.05, 0.1) is 5.56 Å². The van der Waals surface area contributed by atoms with E-state index in [2.05, 4.69) is 22.1 Å². The highest BCUT2D eigenvalue weighted by molar-refractivity contribution is 5.81. The predicted molar refractivity (Wildman–Crippen MR) is 101 cm³/mol. The molecule has 150 valence electrons. The number of likely N-dealkylation sites (tertiary alicyclic amines) is 1. The standard InChI is InChI=1S/C14H10F3N3O.C6H13N/c1-8-18-19-13-11(3-2-6-20(8)13)10-5-4-9(7-12(10)21)14(15,16)17;1-7-5-3-2-4-6-7/h2-7,21H,1H3;2-6H2,1H3. The average molecular weight is 392 g/mol. The van der Waals surface area contributed by atoms with Gasteiger partial charge < -0.3 is 10.0 Å². The van der Waals surface area contributed by atoms with Gasteiger partial charge in [-0.3, -0.25) is 4.40 Å². The SMILES string of the molecule is CN1CCCCC1.Cc1nnc2c(-c3ccc(C(F)(F)F)cc3O)cccn12. The van der Waals surface area contributed by atoms with Crippen LogP contribution in [0, 0.1) is 6.92 Å². The van der Waals surface area contributed by atoms with Crippen molar-refractivity contribution < 1.29 is 18.3 Å². The van der Waals surface area contributed by atoms with Gasteiger partial charge in [0.1, 0.15) is 11.6 Å². The average Bonchev–Trinajstić information content (AvgIpc) is 3.04. The molecule has 1 N–H and O–H groups in total. The number of fused-ring (bicyclic) bond motifs is 1. The van der Waals surface area contributed by atoms with Crippen LogP contribution < -0.4 is 0 Å². The molecule has 5 nitrogen and oxygen atoms in total. The van der Waals surface area contributed by atoms with Crippen LogP contribution in [0.3, 0.4) is 0 Å². The minimum Gasteiger partial charge on any atom is -0.507 e. The lowest BCUT2D eigenvalue weighted by Crippen LogP contribution is -2.24. The number of aromatic nitrogens is 3. The minimum atomic E-state index is -4.49. The zero-order valence-electron chi connectivity index (χ0n) is 15.9. The molecule has 4 rings (SSSR count). The Morgan fingerprint density at radius 2 is 1.71 bits per heavy atom. The molecule has 3 aromatic rings. The zero-order valence-corrected chi connectivity index (χ0v) is 15.9. The van der Waals surface area contributed by atoms with Crippen molar-refractivity contribution in [3.63, 3.8) is 0 Å². The fraction of sp³-hybridized carbons (Fsp3) is 0.400. The topological polar surface area (TPSA) is 53.7 Å². The molecule has 1 aliphatic heterocycles. The van der Waals surface area contributed by atoms with E-state index in [0.29, 0.717) is 23.1 Å². The Kier molecular flexibility index (Phi) is 5.88. The first-order valence-electron chi connectivity index (χ1n) is 9.17. The number of hydrogen-bond acceptors (Lipinski definition) is 4. The Labute approximate surface area is 161 Å². The third-order valence-corrected chi connectivity index (χ3v) is 4.80. The van der Waals surface area contributed by atoms with E-state index in [1.807, 2.05) is 0 Å². The highest BCUT2D eigenvalue weighted by atomic mass is 19.4. The monoisotopic (exact) mass is 392 g/mol. The Hall–Kier alpha value is -2.61. The molecule has 0 amide bonds. The molecule has 0 radical (unpaired) electrons. The Bertz CT molecular complexity index is 946. The van der Waals surface area contributed by atoms with Crippen molar-refractivity contribution in [1.29, 1.82) is 0 Å². The first-order valence-corrected chi connectivity index (χ1v) is 9.17. The van der Waals surface area contributed by atoms with E-state index in [0.717, 1.165) is 6.07 Å². The summed E-state index contributed by atoms with van der Waals surface area (Å²) >= 11 is 0. The van der Waals surface area contributed by atoms with E-state index in [1.54, 1.807) is 29.7 Å². The number of pyridine rings is 1. The quantitative estimate of drug-likeness (QED) is 0.661. The van der Waals surface area contributed by atoms with Gasteiger partial charge in [0.25, 0.3) is 0 Å². The number of piperidine rings is 1. The van der Waals surface area contributed by atoms with E-state index in [4.69, 9.17) is 0 Å². The van der Waals surface area contributed by atoms with Gasteiger partial charge in [-0.25, -0.2) is 0 Å². The van der Waals surface area contributed by atoms with Crippen LogP contribution in [0.5, 0.6) is 5.75 Å². The number of nitrogens with zero attached hydrogens (tertiary/aromatic N) is 4. The Balaban J connectivity index is 0.000000271. The third kappa shape index (κ3) is 4.44. The summed E-state index contributed by atoms with van der Waals surface area (Å²) in [7, 11) is 2.19. The number of hydrogen-bond donors (Lipinski definition) is 1. The number of benzene rings is 1. The maximum absolute atomic E-state index is 12.6. The lowest BCUT2D eigenvalue weighted by atomic mass is 10.0. The van der Waals surface area contributed by atoms with Crippen molar-refractivity contribution in [1.82, 2.24) is 19.5 Å². The fourth-order valence-corrected chi connectivity index (χ4v) is 3.23. The molecule has 0 saturated carbocycles. The molecule has 1 aromatic carbocycles. The van der Waals surface area contributed by atoms with Gasteiger partial charge in [-0.05, 0) is 70.2 Å². The summed E-state index contributed by atoms with van der Waals surface area (Å²) in [4.78, 5) is 2.39.